The van der Waals surface area contributed by atoms with Crippen molar-refractivity contribution in [3.63, 3.8) is 0 Å². The van der Waals surface area contributed by atoms with E-state index in [2.05, 4.69) is 27.3 Å². The quantitative estimate of drug-likeness (QED) is 0.813. The van der Waals surface area contributed by atoms with Crippen LogP contribution in [0.25, 0.3) is 0 Å². The Balaban J connectivity index is 1.48. The molecule has 1 N–H and O–H groups in total. The normalized spacial score (nSPS) is 15.5. The molecule has 0 unspecified atom stereocenters. The molecule has 27 heavy (non-hydrogen) atoms. The van der Waals surface area contributed by atoms with Crippen LogP contribution in [0.5, 0.6) is 0 Å². The van der Waals surface area contributed by atoms with Crippen molar-refractivity contribution in [1.82, 2.24) is 14.8 Å². The van der Waals surface area contributed by atoms with E-state index in [9.17, 15) is 4.79 Å². The summed E-state index contributed by atoms with van der Waals surface area (Å²) < 4.78 is 0. The van der Waals surface area contributed by atoms with Gasteiger partial charge in [-0.3, -0.25) is 14.7 Å². The highest BCUT2D eigenvalue weighted by atomic mass is 16.2. The van der Waals surface area contributed by atoms with Crippen molar-refractivity contribution in [3.8, 4) is 0 Å². The van der Waals surface area contributed by atoms with Crippen molar-refractivity contribution < 1.29 is 4.79 Å². The lowest BCUT2D eigenvalue weighted by Gasteiger charge is -2.33. The first-order valence-electron chi connectivity index (χ1n) is 9.96. The minimum Gasteiger partial charge on any atom is -0.382 e. The van der Waals surface area contributed by atoms with Gasteiger partial charge in [-0.25, -0.2) is 0 Å². The fraction of sp³-hybridized carbons (Fsp3) is 0.455. The van der Waals surface area contributed by atoms with E-state index in [1.165, 1.54) is 5.56 Å². The Kier molecular flexibility index (Phi) is 6.82. The van der Waals surface area contributed by atoms with E-state index in [0.29, 0.717) is 6.04 Å². The number of piperidine rings is 1. The van der Waals surface area contributed by atoms with Crippen LogP contribution >= 0.6 is 0 Å². The number of hydrogen-bond donors (Lipinski definition) is 1. The molecule has 0 bridgehead atoms. The molecule has 0 spiro atoms. The zero-order valence-corrected chi connectivity index (χ0v) is 16.4. The topological polar surface area (TPSA) is 48.5 Å². The number of carbonyl (C=O) groups excluding carboxylic acids is 1. The van der Waals surface area contributed by atoms with Crippen LogP contribution in [-0.4, -0.2) is 52.9 Å². The maximum absolute atomic E-state index is 12.4. The fourth-order valence-corrected chi connectivity index (χ4v) is 3.62. The molecule has 1 aliphatic heterocycles. The van der Waals surface area contributed by atoms with Gasteiger partial charge in [0, 0.05) is 62.4 Å². The van der Waals surface area contributed by atoms with Crippen LogP contribution in [-0.2, 0) is 6.54 Å². The van der Waals surface area contributed by atoms with E-state index in [0.717, 1.165) is 56.8 Å². The SMILES string of the molecule is CCN(CC)C(=O)c1ccc(NC2CCN(Cc3ccncc3)CC2)cc1. The predicted molar refractivity (Wildman–Crippen MR) is 110 cm³/mol. The van der Waals surface area contributed by atoms with Crippen molar-refractivity contribution in [3.05, 3.63) is 59.9 Å². The molecule has 0 atom stereocenters. The van der Waals surface area contributed by atoms with Crippen LogP contribution in [0.1, 0.15) is 42.6 Å². The van der Waals surface area contributed by atoms with Crippen molar-refractivity contribution in [2.24, 2.45) is 0 Å². The van der Waals surface area contributed by atoms with Gasteiger partial charge in [-0.1, -0.05) is 0 Å². The number of nitrogens with zero attached hydrogens (tertiary/aromatic N) is 3. The van der Waals surface area contributed by atoms with Crippen LogP contribution in [0.15, 0.2) is 48.8 Å². The van der Waals surface area contributed by atoms with Gasteiger partial charge in [-0.15, -0.1) is 0 Å². The van der Waals surface area contributed by atoms with Gasteiger partial charge in [0.2, 0.25) is 0 Å². The average molecular weight is 367 g/mol. The Morgan fingerprint density at radius 1 is 1.07 bits per heavy atom. The third-order valence-corrected chi connectivity index (χ3v) is 5.30. The first-order valence-corrected chi connectivity index (χ1v) is 9.96. The Morgan fingerprint density at radius 3 is 2.30 bits per heavy atom. The molecule has 144 valence electrons. The van der Waals surface area contributed by atoms with Gasteiger partial charge in [-0.2, -0.15) is 0 Å². The molecule has 0 aliphatic carbocycles. The number of amides is 1. The van der Waals surface area contributed by atoms with E-state index < -0.39 is 0 Å². The summed E-state index contributed by atoms with van der Waals surface area (Å²) in [5.74, 6) is 0.107. The molecule has 5 nitrogen and oxygen atoms in total. The van der Waals surface area contributed by atoms with Gasteiger partial charge in [0.15, 0.2) is 0 Å². The lowest BCUT2D eigenvalue weighted by atomic mass is 10.0. The Hall–Kier alpha value is -2.40. The number of likely N-dealkylation sites (tertiary alicyclic amines) is 1. The first-order chi connectivity index (χ1) is 13.2. The number of anilines is 1. The Morgan fingerprint density at radius 2 is 1.70 bits per heavy atom. The number of aromatic nitrogens is 1. The largest absolute Gasteiger partial charge is 0.382 e. The van der Waals surface area contributed by atoms with Crippen LogP contribution in [0, 0.1) is 0 Å². The van der Waals surface area contributed by atoms with Gasteiger partial charge in [0.25, 0.3) is 5.91 Å². The summed E-state index contributed by atoms with van der Waals surface area (Å²) in [6, 6.07) is 12.6. The summed E-state index contributed by atoms with van der Waals surface area (Å²) in [6.07, 6.45) is 5.98. The molecule has 1 aromatic heterocycles. The number of pyridine rings is 1. The molecular weight excluding hydrogens is 336 g/mol. The van der Waals surface area contributed by atoms with Crippen LogP contribution in [0.3, 0.4) is 0 Å². The van der Waals surface area contributed by atoms with Crippen LogP contribution in [0.2, 0.25) is 0 Å². The second kappa shape index (κ2) is 9.51. The molecule has 2 aromatic rings. The average Bonchev–Trinajstić information content (AvgIpc) is 2.72. The van der Waals surface area contributed by atoms with Gasteiger partial charge < -0.3 is 10.2 Å². The van der Waals surface area contributed by atoms with E-state index in [4.69, 9.17) is 0 Å². The molecule has 5 heteroatoms. The summed E-state index contributed by atoms with van der Waals surface area (Å²) in [5, 5.41) is 3.63. The summed E-state index contributed by atoms with van der Waals surface area (Å²) >= 11 is 0. The van der Waals surface area contributed by atoms with Gasteiger partial charge in [0.05, 0.1) is 0 Å². The minimum atomic E-state index is 0.107. The van der Waals surface area contributed by atoms with Gasteiger partial charge in [0.1, 0.15) is 0 Å². The second-order valence-electron chi connectivity index (χ2n) is 7.11. The monoisotopic (exact) mass is 366 g/mol. The summed E-state index contributed by atoms with van der Waals surface area (Å²) in [4.78, 5) is 20.8. The Bertz CT molecular complexity index is 705. The van der Waals surface area contributed by atoms with Crippen molar-refractivity contribution in [2.75, 3.05) is 31.5 Å². The molecule has 0 saturated carbocycles. The van der Waals surface area contributed by atoms with Gasteiger partial charge >= 0.3 is 0 Å². The third kappa shape index (κ3) is 5.30. The minimum absolute atomic E-state index is 0.107. The van der Waals surface area contributed by atoms with E-state index in [1.54, 1.807) is 0 Å². The molecule has 1 amide bonds. The molecule has 2 heterocycles. The third-order valence-electron chi connectivity index (χ3n) is 5.30. The second-order valence-corrected chi connectivity index (χ2v) is 7.11. The zero-order valence-electron chi connectivity index (χ0n) is 16.4. The van der Waals surface area contributed by atoms with Crippen LogP contribution in [0.4, 0.5) is 5.69 Å². The number of hydrogen-bond acceptors (Lipinski definition) is 4. The summed E-state index contributed by atoms with van der Waals surface area (Å²) in [5.41, 5.74) is 3.18. The number of nitrogens with one attached hydrogen (secondary N) is 1. The summed E-state index contributed by atoms with van der Waals surface area (Å²) in [7, 11) is 0. The fourth-order valence-electron chi connectivity index (χ4n) is 3.62. The van der Waals surface area contributed by atoms with E-state index in [1.807, 2.05) is 55.4 Å². The molecule has 1 aromatic carbocycles. The smallest absolute Gasteiger partial charge is 0.253 e. The lowest BCUT2D eigenvalue weighted by molar-refractivity contribution is 0.0773. The number of rotatable bonds is 7. The standard InChI is InChI=1S/C22H30N4O/c1-3-26(4-2)22(27)19-5-7-20(8-6-19)24-21-11-15-25(16-12-21)17-18-9-13-23-14-10-18/h5-10,13-14,21,24H,3-4,11-12,15-17H2,1-2H3. The number of carbonyl (C=O) groups is 1. The highest BCUT2D eigenvalue weighted by Gasteiger charge is 2.19. The molecule has 1 aliphatic rings. The highest BCUT2D eigenvalue weighted by Crippen LogP contribution is 2.19. The van der Waals surface area contributed by atoms with Crippen molar-refractivity contribution >= 4 is 11.6 Å². The molecule has 1 fully saturated rings. The molecule has 1 saturated heterocycles. The molecule has 0 radical (unpaired) electrons. The van der Waals surface area contributed by atoms with E-state index in [-0.39, 0.29) is 5.91 Å². The zero-order chi connectivity index (χ0) is 19.1. The molecule has 3 rings (SSSR count). The van der Waals surface area contributed by atoms with Crippen molar-refractivity contribution in [1.29, 1.82) is 0 Å². The maximum Gasteiger partial charge on any atom is 0.253 e. The van der Waals surface area contributed by atoms with E-state index >= 15 is 0 Å². The van der Waals surface area contributed by atoms with Gasteiger partial charge in [-0.05, 0) is 68.7 Å². The molecular formula is C22H30N4O. The van der Waals surface area contributed by atoms with Crippen molar-refractivity contribution in [2.45, 2.75) is 39.3 Å². The predicted octanol–water partition coefficient (Wildman–Crippen LogP) is 3.64. The highest BCUT2D eigenvalue weighted by molar-refractivity contribution is 5.94. The first kappa shape index (κ1) is 19.4. The maximum atomic E-state index is 12.4. The lowest BCUT2D eigenvalue weighted by Crippen LogP contribution is -2.38. The van der Waals surface area contributed by atoms with Crippen LogP contribution < -0.4 is 5.32 Å². The number of benzene rings is 1. The Labute approximate surface area is 162 Å². The summed E-state index contributed by atoms with van der Waals surface area (Å²) in [6.45, 7) is 8.70.